The zero-order chi connectivity index (χ0) is 16.1. The Balaban J connectivity index is 1.59. The second-order valence-corrected chi connectivity index (χ2v) is 5.53. The number of rotatable bonds is 4. The number of anilines is 1. The van der Waals surface area contributed by atoms with Crippen LogP contribution in [0.2, 0.25) is 0 Å². The molecule has 0 spiro atoms. The Morgan fingerprint density at radius 1 is 1.26 bits per heavy atom. The van der Waals surface area contributed by atoms with Gasteiger partial charge in [0.25, 0.3) is 5.91 Å². The monoisotopic (exact) mass is 312 g/mol. The molecule has 1 amide bonds. The van der Waals surface area contributed by atoms with Crippen molar-refractivity contribution in [3.63, 3.8) is 0 Å². The first-order valence-corrected chi connectivity index (χ1v) is 7.71. The molecular formula is C17H20N4O2. The summed E-state index contributed by atoms with van der Waals surface area (Å²) in [6, 6.07) is 8.04. The van der Waals surface area contributed by atoms with Gasteiger partial charge >= 0.3 is 0 Å². The van der Waals surface area contributed by atoms with Crippen LogP contribution in [-0.2, 0) is 11.3 Å². The van der Waals surface area contributed by atoms with Gasteiger partial charge in [-0.25, -0.2) is 9.97 Å². The molecule has 1 aliphatic heterocycles. The molecule has 3 rings (SSSR count). The quantitative estimate of drug-likeness (QED) is 0.928. The number of ether oxygens (including phenoxy) is 1. The Hall–Kier alpha value is -2.47. The minimum atomic E-state index is -0.215. The molecule has 0 radical (unpaired) electrons. The van der Waals surface area contributed by atoms with Crippen LogP contribution in [0.3, 0.4) is 0 Å². The fraction of sp³-hybridized carbons (Fsp3) is 0.353. The van der Waals surface area contributed by atoms with Crippen LogP contribution in [0, 0.1) is 6.92 Å². The van der Waals surface area contributed by atoms with Gasteiger partial charge in [0.05, 0.1) is 25.6 Å². The highest BCUT2D eigenvalue weighted by Gasteiger charge is 2.14. The van der Waals surface area contributed by atoms with Crippen molar-refractivity contribution in [2.24, 2.45) is 0 Å². The van der Waals surface area contributed by atoms with E-state index >= 15 is 0 Å². The summed E-state index contributed by atoms with van der Waals surface area (Å²) in [4.78, 5) is 22.8. The van der Waals surface area contributed by atoms with Crippen LogP contribution in [0.15, 0.2) is 36.7 Å². The molecule has 0 atom stereocenters. The van der Waals surface area contributed by atoms with E-state index in [1.165, 1.54) is 11.8 Å². The maximum absolute atomic E-state index is 12.1. The van der Waals surface area contributed by atoms with E-state index in [1.54, 1.807) is 6.20 Å². The summed E-state index contributed by atoms with van der Waals surface area (Å²) in [6.45, 7) is 5.50. The normalized spacial score (nSPS) is 14.6. The molecule has 1 aromatic carbocycles. The molecule has 6 heteroatoms. The zero-order valence-electron chi connectivity index (χ0n) is 13.2. The number of aryl methyl sites for hydroxylation is 1. The second kappa shape index (κ2) is 7.19. The number of hydrogen-bond acceptors (Lipinski definition) is 5. The van der Waals surface area contributed by atoms with Gasteiger partial charge in [-0.3, -0.25) is 4.79 Å². The van der Waals surface area contributed by atoms with Gasteiger partial charge in [-0.2, -0.15) is 0 Å². The summed E-state index contributed by atoms with van der Waals surface area (Å²) in [6.07, 6.45) is 3.17. The lowest BCUT2D eigenvalue weighted by atomic mass is 10.1. The Labute approximate surface area is 135 Å². The summed E-state index contributed by atoms with van der Waals surface area (Å²) in [5.74, 6) is 0.566. The van der Waals surface area contributed by atoms with E-state index in [9.17, 15) is 4.79 Å². The SMILES string of the molecule is Cc1cccc(CNC(=O)c2cnc(N3CCOCC3)cn2)c1. The second-order valence-electron chi connectivity index (χ2n) is 5.53. The van der Waals surface area contributed by atoms with E-state index in [0.717, 1.165) is 24.5 Å². The molecule has 0 aliphatic carbocycles. The van der Waals surface area contributed by atoms with Crippen LogP contribution in [0.1, 0.15) is 21.6 Å². The van der Waals surface area contributed by atoms with Crippen molar-refractivity contribution in [1.82, 2.24) is 15.3 Å². The minimum Gasteiger partial charge on any atom is -0.378 e. The Morgan fingerprint density at radius 2 is 2.09 bits per heavy atom. The molecule has 2 aromatic rings. The highest BCUT2D eigenvalue weighted by molar-refractivity contribution is 5.91. The summed E-state index contributed by atoms with van der Waals surface area (Å²) in [5.41, 5.74) is 2.57. The van der Waals surface area contributed by atoms with Crippen molar-refractivity contribution in [2.75, 3.05) is 31.2 Å². The minimum absolute atomic E-state index is 0.215. The molecule has 2 heterocycles. The van der Waals surface area contributed by atoms with E-state index in [1.807, 2.05) is 31.2 Å². The fourth-order valence-electron chi connectivity index (χ4n) is 2.49. The number of morpholine rings is 1. The molecule has 1 saturated heterocycles. The molecule has 1 N–H and O–H groups in total. The molecule has 120 valence electrons. The predicted molar refractivity (Wildman–Crippen MR) is 87.4 cm³/mol. The highest BCUT2D eigenvalue weighted by Crippen LogP contribution is 2.11. The average Bonchev–Trinajstić information content (AvgIpc) is 2.61. The van der Waals surface area contributed by atoms with Crippen molar-refractivity contribution >= 4 is 11.7 Å². The molecule has 0 bridgehead atoms. The number of amides is 1. The van der Waals surface area contributed by atoms with Gasteiger partial charge in [-0.05, 0) is 12.5 Å². The number of carbonyl (C=O) groups excluding carboxylic acids is 1. The van der Waals surface area contributed by atoms with Gasteiger partial charge in [0, 0.05) is 19.6 Å². The molecule has 1 aromatic heterocycles. The van der Waals surface area contributed by atoms with Crippen molar-refractivity contribution in [2.45, 2.75) is 13.5 Å². The van der Waals surface area contributed by atoms with E-state index in [2.05, 4.69) is 20.2 Å². The van der Waals surface area contributed by atoms with Crippen molar-refractivity contribution in [3.8, 4) is 0 Å². The first-order chi connectivity index (χ1) is 11.2. The largest absolute Gasteiger partial charge is 0.378 e. The number of carbonyl (C=O) groups is 1. The van der Waals surface area contributed by atoms with E-state index in [-0.39, 0.29) is 5.91 Å². The smallest absolute Gasteiger partial charge is 0.271 e. The van der Waals surface area contributed by atoms with Crippen LogP contribution in [0.25, 0.3) is 0 Å². The zero-order valence-corrected chi connectivity index (χ0v) is 13.2. The van der Waals surface area contributed by atoms with Gasteiger partial charge in [0.1, 0.15) is 11.5 Å². The lowest BCUT2D eigenvalue weighted by Gasteiger charge is -2.27. The summed E-state index contributed by atoms with van der Waals surface area (Å²) < 4.78 is 5.31. The number of benzene rings is 1. The van der Waals surface area contributed by atoms with E-state index in [0.29, 0.717) is 25.5 Å². The van der Waals surface area contributed by atoms with Gasteiger partial charge in [-0.15, -0.1) is 0 Å². The first-order valence-electron chi connectivity index (χ1n) is 7.71. The Morgan fingerprint density at radius 3 is 2.78 bits per heavy atom. The average molecular weight is 312 g/mol. The third-order valence-electron chi connectivity index (χ3n) is 3.74. The standard InChI is InChI=1S/C17H20N4O2/c1-13-3-2-4-14(9-13)10-20-17(22)15-11-19-16(12-18-15)21-5-7-23-8-6-21/h2-4,9,11-12H,5-8,10H2,1H3,(H,20,22). The van der Waals surface area contributed by atoms with Crippen LogP contribution in [0.4, 0.5) is 5.82 Å². The molecule has 1 fully saturated rings. The van der Waals surface area contributed by atoms with Crippen LogP contribution < -0.4 is 10.2 Å². The van der Waals surface area contributed by atoms with Crippen LogP contribution in [0.5, 0.6) is 0 Å². The third-order valence-corrected chi connectivity index (χ3v) is 3.74. The molecular weight excluding hydrogens is 292 g/mol. The summed E-state index contributed by atoms with van der Waals surface area (Å²) in [7, 11) is 0. The van der Waals surface area contributed by atoms with Gasteiger partial charge in [0.2, 0.25) is 0 Å². The molecule has 0 unspecified atom stereocenters. The van der Waals surface area contributed by atoms with Crippen molar-refractivity contribution in [3.05, 3.63) is 53.5 Å². The number of hydrogen-bond donors (Lipinski definition) is 1. The first kappa shape index (κ1) is 15.4. The van der Waals surface area contributed by atoms with E-state index < -0.39 is 0 Å². The fourth-order valence-corrected chi connectivity index (χ4v) is 2.49. The molecule has 0 saturated carbocycles. The van der Waals surface area contributed by atoms with Crippen molar-refractivity contribution < 1.29 is 9.53 Å². The van der Waals surface area contributed by atoms with Gasteiger partial charge < -0.3 is 15.0 Å². The lowest BCUT2D eigenvalue weighted by Crippen LogP contribution is -2.37. The Bertz CT molecular complexity index is 667. The maximum atomic E-state index is 12.1. The van der Waals surface area contributed by atoms with Crippen LogP contribution in [-0.4, -0.2) is 42.2 Å². The third kappa shape index (κ3) is 4.04. The van der Waals surface area contributed by atoms with Gasteiger partial charge in [-0.1, -0.05) is 29.8 Å². The highest BCUT2D eigenvalue weighted by atomic mass is 16.5. The lowest BCUT2D eigenvalue weighted by molar-refractivity contribution is 0.0945. The molecule has 23 heavy (non-hydrogen) atoms. The summed E-state index contributed by atoms with van der Waals surface area (Å²) in [5, 5.41) is 2.87. The number of aromatic nitrogens is 2. The predicted octanol–water partition coefficient (Wildman–Crippen LogP) is 1.55. The van der Waals surface area contributed by atoms with Gasteiger partial charge in [0.15, 0.2) is 0 Å². The number of nitrogens with zero attached hydrogens (tertiary/aromatic N) is 3. The van der Waals surface area contributed by atoms with E-state index in [4.69, 9.17) is 4.74 Å². The maximum Gasteiger partial charge on any atom is 0.271 e. The summed E-state index contributed by atoms with van der Waals surface area (Å²) >= 11 is 0. The Kier molecular flexibility index (Phi) is 4.83. The van der Waals surface area contributed by atoms with Crippen LogP contribution >= 0.6 is 0 Å². The topological polar surface area (TPSA) is 67.4 Å². The van der Waals surface area contributed by atoms with Crippen molar-refractivity contribution in [1.29, 1.82) is 0 Å². The molecule has 1 aliphatic rings. The molecule has 6 nitrogen and oxygen atoms in total. The number of nitrogens with one attached hydrogen (secondary N) is 1.